The van der Waals surface area contributed by atoms with Gasteiger partial charge in [-0.3, -0.25) is 4.72 Å². The van der Waals surface area contributed by atoms with E-state index in [0.717, 1.165) is 22.3 Å². The van der Waals surface area contributed by atoms with E-state index in [-0.39, 0.29) is 0 Å². The molecule has 0 atom stereocenters. The summed E-state index contributed by atoms with van der Waals surface area (Å²) in [6.45, 7) is 7.49. The van der Waals surface area contributed by atoms with Gasteiger partial charge in [0, 0.05) is 6.20 Å². The molecule has 0 saturated heterocycles. The Kier molecular flexibility index (Phi) is 3.81. The topological polar surface area (TPSA) is 59.1 Å². The van der Waals surface area contributed by atoms with Crippen LogP contribution in [0.1, 0.15) is 22.3 Å². The monoisotopic (exact) mass is 290 g/mol. The van der Waals surface area contributed by atoms with Crippen molar-refractivity contribution in [3.05, 3.63) is 52.7 Å². The maximum absolute atomic E-state index is 12.6. The number of nitrogens with zero attached hydrogens (tertiary/aromatic N) is 1. The summed E-state index contributed by atoms with van der Waals surface area (Å²) in [7, 11) is -3.63. The lowest BCUT2D eigenvalue weighted by Crippen LogP contribution is -2.17. The molecule has 4 nitrogen and oxygen atoms in total. The molecule has 2 rings (SSSR count). The lowest BCUT2D eigenvalue weighted by Gasteiger charge is -2.16. The molecule has 0 saturated carbocycles. The van der Waals surface area contributed by atoms with Crippen molar-refractivity contribution >= 4 is 15.8 Å². The molecule has 0 aliphatic carbocycles. The number of rotatable bonds is 3. The molecule has 0 fully saturated rings. The lowest BCUT2D eigenvalue weighted by atomic mass is 10.0. The van der Waals surface area contributed by atoms with Crippen molar-refractivity contribution in [1.29, 1.82) is 0 Å². The Morgan fingerprint density at radius 3 is 2.10 bits per heavy atom. The van der Waals surface area contributed by atoms with Gasteiger partial charge >= 0.3 is 0 Å². The zero-order chi connectivity index (χ0) is 14.9. The van der Waals surface area contributed by atoms with E-state index < -0.39 is 10.0 Å². The predicted molar refractivity (Wildman–Crippen MR) is 80.4 cm³/mol. The minimum absolute atomic E-state index is 0.324. The number of anilines is 1. The third kappa shape index (κ3) is 2.67. The summed E-state index contributed by atoms with van der Waals surface area (Å²) in [4.78, 5) is 4.35. The van der Waals surface area contributed by atoms with Gasteiger partial charge in [-0.15, -0.1) is 0 Å². The van der Waals surface area contributed by atoms with Gasteiger partial charge in [-0.2, -0.15) is 0 Å². The fraction of sp³-hybridized carbons (Fsp3) is 0.267. The Bertz CT molecular complexity index is 712. The standard InChI is InChI=1S/C15H18N2O2S/c1-10-9-11(2)13(4)15(12(10)3)20(18,19)17-14-7-5-6-8-16-14/h5-9H,1-4H3,(H,16,17). The highest BCUT2D eigenvalue weighted by Crippen LogP contribution is 2.27. The first-order valence-corrected chi connectivity index (χ1v) is 7.82. The van der Waals surface area contributed by atoms with Crippen LogP contribution in [-0.4, -0.2) is 13.4 Å². The molecule has 1 aromatic carbocycles. The van der Waals surface area contributed by atoms with Crippen LogP contribution in [0, 0.1) is 27.7 Å². The summed E-state index contributed by atoms with van der Waals surface area (Å²) in [6, 6.07) is 7.12. The van der Waals surface area contributed by atoms with E-state index in [1.807, 2.05) is 33.8 Å². The van der Waals surface area contributed by atoms with Crippen LogP contribution in [0.15, 0.2) is 35.4 Å². The van der Waals surface area contributed by atoms with Crippen LogP contribution in [0.2, 0.25) is 0 Å². The van der Waals surface area contributed by atoms with Crippen molar-refractivity contribution in [2.24, 2.45) is 0 Å². The van der Waals surface area contributed by atoms with Gasteiger partial charge in [-0.05, 0) is 62.1 Å². The number of benzene rings is 1. The summed E-state index contributed by atoms with van der Waals surface area (Å²) in [5.74, 6) is 0.324. The molecular formula is C15H18N2O2S. The number of hydrogen-bond acceptors (Lipinski definition) is 3. The summed E-state index contributed by atoms with van der Waals surface area (Å²) < 4.78 is 27.7. The quantitative estimate of drug-likeness (QED) is 0.945. The molecule has 2 aromatic rings. The van der Waals surface area contributed by atoms with Gasteiger partial charge in [-0.1, -0.05) is 12.1 Å². The molecule has 106 valence electrons. The van der Waals surface area contributed by atoms with Crippen LogP contribution in [-0.2, 0) is 10.0 Å². The molecule has 1 heterocycles. The molecule has 0 spiro atoms. The largest absolute Gasteiger partial charge is 0.263 e. The third-order valence-corrected chi connectivity index (χ3v) is 5.10. The summed E-state index contributed by atoms with van der Waals surface area (Å²) >= 11 is 0. The smallest absolute Gasteiger partial charge is 0.263 e. The second-order valence-electron chi connectivity index (χ2n) is 4.91. The minimum atomic E-state index is -3.63. The second kappa shape index (κ2) is 5.25. The Labute approximate surface area is 119 Å². The van der Waals surface area contributed by atoms with Crippen molar-refractivity contribution in [2.45, 2.75) is 32.6 Å². The van der Waals surface area contributed by atoms with E-state index in [1.165, 1.54) is 0 Å². The molecule has 0 unspecified atom stereocenters. The highest BCUT2D eigenvalue weighted by molar-refractivity contribution is 7.92. The van der Waals surface area contributed by atoms with Crippen LogP contribution < -0.4 is 4.72 Å². The van der Waals surface area contributed by atoms with Gasteiger partial charge < -0.3 is 0 Å². The van der Waals surface area contributed by atoms with Crippen LogP contribution in [0.3, 0.4) is 0 Å². The van der Waals surface area contributed by atoms with E-state index in [1.54, 1.807) is 24.4 Å². The van der Waals surface area contributed by atoms with Gasteiger partial charge in [-0.25, -0.2) is 13.4 Å². The average molecular weight is 290 g/mol. The SMILES string of the molecule is Cc1cc(C)c(C)c(S(=O)(=O)Nc2ccccn2)c1C. The van der Waals surface area contributed by atoms with E-state index in [0.29, 0.717) is 10.7 Å². The van der Waals surface area contributed by atoms with Crippen molar-refractivity contribution in [3.63, 3.8) is 0 Å². The Balaban J connectivity index is 2.56. The first kappa shape index (κ1) is 14.5. The third-order valence-electron chi connectivity index (χ3n) is 3.47. The molecule has 0 radical (unpaired) electrons. The van der Waals surface area contributed by atoms with E-state index in [9.17, 15) is 8.42 Å². The molecule has 5 heteroatoms. The number of pyridine rings is 1. The van der Waals surface area contributed by atoms with Crippen LogP contribution in [0.4, 0.5) is 5.82 Å². The Morgan fingerprint density at radius 2 is 1.60 bits per heavy atom. The number of aryl methyl sites for hydroxylation is 2. The summed E-state index contributed by atoms with van der Waals surface area (Å²) in [5, 5.41) is 0. The van der Waals surface area contributed by atoms with E-state index in [4.69, 9.17) is 0 Å². The molecule has 20 heavy (non-hydrogen) atoms. The number of aromatic nitrogens is 1. The van der Waals surface area contributed by atoms with Crippen LogP contribution >= 0.6 is 0 Å². The maximum atomic E-state index is 12.6. The number of nitrogens with one attached hydrogen (secondary N) is 1. The van der Waals surface area contributed by atoms with Crippen LogP contribution in [0.5, 0.6) is 0 Å². The highest BCUT2D eigenvalue weighted by atomic mass is 32.2. The summed E-state index contributed by atoms with van der Waals surface area (Å²) in [5.41, 5.74) is 3.48. The Morgan fingerprint density at radius 1 is 1.00 bits per heavy atom. The fourth-order valence-corrected chi connectivity index (χ4v) is 3.82. The van der Waals surface area contributed by atoms with Crippen molar-refractivity contribution in [2.75, 3.05) is 4.72 Å². The molecule has 1 N–H and O–H groups in total. The van der Waals surface area contributed by atoms with Gasteiger partial charge in [0.05, 0.1) is 4.90 Å². The van der Waals surface area contributed by atoms with Gasteiger partial charge in [0.2, 0.25) is 0 Å². The lowest BCUT2D eigenvalue weighted by molar-refractivity contribution is 0.599. The number of sulfonamides is 1. The van der Waals surface area contributed by atoms with Crippen molar-refractivity contribution in [3.8, 4) is 0 Å². The van der Waals surface area contributed by atoms with Gasteiger partial charge in [0.25, 0.3) is 10.0 Å². The van der Waals surface area contributed by atoms with Crippen molar-refractivity contribution in [1.82, 2.24) is 4.98 Å². The van der Waals surface area contributed by atoms with E-state index in [2.05, 4.69) is 9.71 Å². The zero-order valence-corrected chi connectivity index (χ0v) is 12.9. The Hall–Kier alpha value is -1.88. The average Bonchev–Trinajstić information content (AvgIpc) is 2.37. The predicted octanol–water partition coefficient (Wildman–Crippen LogP) is 3.12. The van der Waals surface area contributed by atoms with Crippen molar-refractivity contribution < 1.29 is 8.42 Å². The molecule has 0 amide bonds. The highest BCUT2D eigenvalue weighted by Gasteiger charge is 2.22. The summed E-state index contributed by atoms with van der Waals surface area (Å²) in [6.07, 6.45) is 1.55. The molecule has 1 aromatic heterocycles. The zero-order valence-electron chi connectivity index (χ0n) is 12.1. The molecule has 0 aliphatic heterocycles. The first-order valence-electron chi connectivity index (χ1n) is 6.34. The molecular weight excluding hydrogens is 272 g/mol. The van der Waals surface area contributed by atoms with E-state index >= 15 is 0 Å². The minimum Gasteiger partial charge on any atom is -0.263 e. The molecule has 0 aliphatic rings. The molecule has 0 bridgehead atoms. The normalized spacial score (nSPS) is 11.4. The fourth-order valence-electron chi connectivity index (χ4n) is 2.20. The van der Waals surface area contributed by atoms with Gasteiger partial charge in [0.1, 0.15) is 5.82 Å². The second-order valence-corrected chi connectivity index (χ2v) is 6.53. The first-order chi connectivity index (χ1) is 9.33. The van der Waals surface area contributed by atoms with Crippen LogP contribution in [0.25, 0.3) is 0 Å². The van der Waals surface area contributed by atoms with Gasteiger partial charge in [0.15, 0.2) is 0 Å². The maximum Gasteiger partial charge on any atom is 0.263 e. The number of hydrogen-bond donors (Lipinski definition) is 1.